The molecule has 0 aliphatic carbocycles. The Kier molecular flexibility index (Phi) is 5.54. The van der Waals surface area contributed by atoms with E-state index in [1.54, 1.807) is 41.3 Å². The second-order valence-electron chi connectivity index (χ2n) is 6.70. The molecule has 1 fully saturated rings. The molecule has 6 nitrogen and oxygen atoms in total. The van der Waals surface area contributed by atoms with Crippen molar-refractivity contribution < 1.29 is 19.1 Å². The molecule has 6 heteroatoms. The number of ether oxygens (including phenoxy) is 1. The van der Waals surface area contributed by atoms with Crippen LogP contribution in [0.4, 0.5) is 11.4 Å². The number of amides is 2. The lowest BCUT2D eigenvalue weighted by molar-refractivity contribution is -0.119. The van der Waals surface area contributed by atoms with E-state index in [4.69, 9.17) is 4.74 Å². The van der Waals surface area contributed by atoms with Crippen molar-refractivity contribution in [2.24, 2.45) is 0 Å². The van der Waals surface area contributed by atoms with Crippen LogP contribution in [0.2, 0.25) is 0 Å². The highest BCUT2D eigenvalue weighted by Crippen LogP contribution is 2.23. The van der Waals surface area contributed by atoms with Gasteiger partial charge in [0.25, 0.3) is 5.91 Å². The number of rotatable bonds is 5. The Labute approximate surface area is 158 Å². The summed E-state index contributed by atoms with van der Waals surface area (Å²) in [4.78, 5) is 37.6. The fourth-order valence-electron chi connectivity index (χ4n) is 3.15. The number of nitrogens with one attached hydrogen (secondary N) is 1. The smallest absolute Gasteiger partial charge is 0.338 e. The molecular weight excluding hydrogens is 344 g/mol. The van der Waals surface area contributed by atoms with Gasteiger partial charge in [0.05, 0.1) is 5.56 Å². The maximum atomic E-state index is 12.1. The largest absolute Gasteiger partial charge is 0.452 e. The Morgan fingerprint density at radius 3 is 2.33 bits per heavy atom. The number of benzene rings is 2. The molecule has 1 aliphatic rings. The van der Waals surface area contributed by atoms with Gasteiger partial charge in [-0.3, -0.25) is 9.59 Å². The molecule has 2 amide bonds. The first-order valence-electron chi connectivity index (χ1n) is 8.88. The standard InChI is InChI=1S/C21H22N2O4/c1-14-10-15(2)12-16(11-14)21(26)27-13-19(24)22-17-5-7-18(8-6-17)23-9-3-4-20(23)25/h5-8,10-12H,3-4,9,13H2,1-2H3,(H,22,24). The predicted molar refractivity (Wildman–Crippen MR) is 103 cm³/mol. The zero-order valence-electron chi connectivity index (χ0n) is 15.5. The number of aryl methyl sites for hydroxylation is 2. The Bertz CT molecular complexity index is 854. The third-order valence-electron chi connectivity index (χ3n) is 4.33. The third kappa shape index (κ3) is 4.73. The molecule has 3 rings (SSSR count). The molecule has 0 radical (unpaired) electrons. The van der Waals surface area contributed by atoms with Crippen LogP contribution in [-0.2, 0) is 14.3 Å². The molecule has 1 heterocycles. The monoisotopic (exact) mass is 366 g/mol. The van der Waals surface area contributed by atoms with Gasteiger partial charge in [0.1, 0.15) is 0 Å². The zero-order valence-corrected chi connectivity index (χ0v) is 15.5. The van der Waals surface area contributed by atoms with E-state index in [2.05, 4.69) is 5.32 Å². The lowest BCUT2D eigenvalue weighted by Crippen LogP contribution is -2.23. The van der Waals surface area contributed by atoms with Crippen LogP contribution in [0.5, 0.6) is 0 Å². The van der Waals surface area contributed by atoms with Crippen molar-refractivity contribution in [2.75, 3.05) is 23.4 Å². The highest BCUT2D eigenvalue weighted by atomic mass is 16.5. The maximum absolute atomic E-state index is 12.1. The summed E-state index contributed by atoms with van der Waals surface area (Å²) in [5.74, 6) is -0.831. The molecule has 0 aromatic heterocycles. The number of hydrogen-bond donors (Lipinski definition) is 1. The van der Waals surface area contributed by atoms with Crippen molar-refractivity contribution in [1.29, 1.82) is 0 Å². The number of carbonyl (C=O) groups is 3. The van der Waals surface area contributed by atoms with Gasteiger partial charge in [-0.1, -0.05) is 17.2 Å². The van der Waals surface area contributed by atoms with Crippen LogP contribution in [0.25, 0.3) is 0 Å². The predicted octanol–water partition coefficient (Wildman–Crippen LogP) is 3.23. The molecule has 2 aromatic carbocycles. The van der Waals surface area contributed by atoms with E-state index < -0.39 is 11.9 Å². The van der Waals surface area contributed by atoms with E-state index in [9.17, 15) is 14.4 Å². The van der Waals surface area contributed by atoms with Crippen molar-refractivity contribution in [3.05, 3.63) is 59.2 Å². The number of nitrogens with zero attached hydrogens (tertiary/aromatic N) is 1. The summed E-state index contributed by atoms with van der Waals surface area (Å²) in [6.07, 6.45) is 1.44. The van der Waals surface area contributed by atoms with Crippen molar-refractivity contribution >= 4 is 29.2 Å². The fraction of sp³-hybridized carbons (Fsp3) is 0.286. The Hall–Kier alpha value is -3.15. The summed E-state index contributed by atoms with van der Waals surface area (Å²) in [6, 6.07) is 12.5. The Balaban J connectivity index is 1.53. The molecule has 140 valence electrons. The number of carbonyl (C=O) groups excluding carboxylic acids is 3. The number of anilines is 2. The van der Waals surface area contributed by atoms with Gasteiger partial charge in [-0.25, -0.2) is 4.79 Å². The minimum atomic E-state index is -0.528. The Morgan fingerprint density at radius 1 is 1.07 bits per heavy atom. The van der Waals surface area contributed by atoms with Gasteiger partial charge in [-0.05, 0) is 56.7 Å². The van der Waals surface area contributed by atoms with Crippen LogP contribution in [0, 0.1) is 13.8 Å². The van der Waals surface area contributed by atoms with Crippen molar-refractivity contribution in [2.45, 2.75) is 26.7 Å². The van der Waals surface area contributed by atoms with Crippen molar-refractivity contribution in [1.82, 2.24) is 0 Å². The third-order valence-corrected chi connectivity index (χ3v) is 4.33. The summed E-state index contributed by atoms with van der Waals surface area (Å²) in [7, 11) is 0. The quantitative estimate of drug-likeness (QED) is 0.825. The molecule has 0 spiro atoms. The van der Waals surface area contributed by atoms with Crippen molar-refractivity contribution in [3.63, 3.8) is 0 Å². The summed E-state index contributed by atoms with van der Waals surface area (Å²) < 4.78 is 5.09. The molecule has 0 atom stereocenters. The lowest BCUT2D eigenvalue weighted by atomic mass is 10.1. The molecule has 1 aliphatic heterocycles. The minimum absolute atomic E-state index is 0.116. The highest BCUT2D eigenvalue weighted by molar-refractivity contribution is 5.97. The van der Waals surface area contributed by atoms with Gasteiger partial charge in [0.2, 0.25) is 5.91 Å². The minimum Gasteiger partial charge on any atom is -0.452 e. The SMILES string of the molecule is Cc1cc(C)cc(C(=O)OCC(=O)Nc2ccc(N3CCCC3=O)cc2)c1. The van der Waals surface area contributed by atoms with Gasteiger partial charge in [-0.15, -0.1) is 0 Å². The molecule has 1 saturated heterocycles. The second-order valence-corrected chi connectivity index (χ2v) is 6.70. The van der Waals surface area contributed by atoms with Gasteiger partial charge < -0.3 is 15.0 Å². The lowest BCUT2D eigenvalue weighted by Gasteiger charge is -2.16. The second kappa shape index (κ2) is 8.03. The molecule has 0 saturated carbocycles. The van der Waals surface area contributed by atoms with Crippen molar-refractivity contribution in [3.8, 4) is 0 Å². The first-order valence-corrected chi connectivity index (χ1v) is 8.88. The van der Waals surface area contributed by atoms with Crippen LogP contribution in [0.15, 0.2) is 42.5 Å². The summed E-state index contributed by atoms with van der Waals surface area (Å²) >= 11 is 0. The molecule has 1 N–H and O–H groups in total. The average molecular weight is 366 g/mol. The van der Waals surface area contributed by atoms with Gasteiger partial charge in [-0.2, -0.15) is 0 Å². The Morgan fingerprint density at radius 2 is 1.74 bits per heavy atom. The summed E-state index contributed by atoms with van der Waals surface area (Å²) in [5, 5.41) is 2.68. The first kappa shape index (κ1) is 18.6. The van der Waals surface area contributed by atoms with Crippen LogP contribution in [0.1, 0.15) is 34.3 Å². The van der Waals surface area contributed by atoms with Gasteiger partial charge in [0.15, 0.2) is 6.61 Å². The number of esters is 1. The molecule has 0 bridgehead atoms. The summed E-state index contributed by atoms with van der Waals surface area (Å²) in [6.45, 7) is 4.16. The average Bonchev–Trinajstić information content (AvgIpc) is 3.05. The fourth-order valence-corrected chi connectivity index (χ4v) is 3.15. The zero-order chi connectivity index (χ0) is 19.4. The topological polar surface area (TPSA) is 75.7 Å². The molecule has 2 aromatic rings. The summed E-state index contributed by atoms with van der Waals surface area (Å²) in [5.41, 5.74) is 3.75. The number of hydrogen-bond acceptors (Lipinski definition) is 4. The first-order chi connectivity index (χ1) is 12.9. The maximum Gasteiger partial charge on any atom is 0.338 e. The van der Waals surface area contributed by atoms with E-state index in [1.165, 1.54) is 0 Å². The van der Waals surface area contributed by atoms with E-state index in [0.717, 1.165) is 29.8 Å². The van der Waals surface area contributed by atoms with Crippen LogP contribution in [0.3, 0.4) is 0 Å². The molecule has 0 unspecified atom stereocenters. The van der Waals surface area contributed by atoms with Gasteiger partial charge >= 0.3 is 5.97 Å². The molecule has 27 heavy (non-hydrogen) atoms. The normalized spacial score (nSPS) is 13.6. The van der Waals surface area contributed by atoms with E-state index in [1.807, 2.05) is 19.9 Å². The van der Waals surface area contributed by atoms with Gasteiger partial charge in [0, 0.05) is 24.3 Å². The highest BCUT2D eigenvalue weighted by Gasteiger charge is 2.21. The molecular formula is C21H22N2O4. The van der Waals surface area contributed by atoms with Crippen LogP contribution < -0.4 is 10.2 Å². The van der Waals surface area contributed by atoms with Crippen LogP contribution in [-0.4, -0.2) is 30.9 Å². The van der Waals surface area contributed by atoms with E-state index in [0.29, 0.717) is 17.7 Å². The van der Waals surface area contributed by atoms with E-state index >= 15 is 0 Å². The van der Waals surface area contributed by atoms with E-state index in [-0.39, 0.29) is 12.5 Å². The van der Waals surface area contributed by atoms with Crippen LogP contribution >= 0.6 is 0 Å².